The minimum Gasteiger partial charge on any atom is -0.371 e. The van der Waals surface area contributed by atoms with E-state index >= 15 is 0 Å². The van der Waals surface area contributed by atoms with Gasteiger partial charge in [0.15, 0.2) is 0 Å². The van der Waals surface area contributed by atoms with Gasteiger partial charge in [-0.3, -0.25) is 0 Å². The van der Waals surface area contributed by atoms with Gasteiger partial charge < -0.3 is 9.80 Å². The average molecular weight is 318 g/mol. The Morgan fingerprint density at radius 2 is 1.88 bits per heavy atom. The molecule has 0 amide bonds. The van der Waals surface area contributed by atoms with Crippen LogP contribution in [0.4, 0.5) is 11.4 Å². The van der Waals surface area contributed by atoms with Gasteiger partial charge in [0.05, 0.1) is 0 Å². The van der Waals surface area contributed by atoms with Gasteiger partial charge in [-0.25, -0.2) is 0 Å². The lowest BCUT2D eigenvalue weighted by Gasteiger charge is -2.22. The molecule has 0 bridgehead atoms. The van der Waals surface area contributed by atoms with Crippen LogP contribution in [-0.2, 0) is 6.42 Å². The lowest BCUT2D eigenvalue weighted by Crippen LogP contribution is -2.22. The van der Waals surface area contributed by atoms with E-state index in [1.807, 2.05) is 0 Å². The van der Waals surface area contributed by atoms with E-state index in [2.05, 4.69) is 65.3 Å². The molecule has 0 aromatic heterocycles. The molecule has 0 aliphatic carbocycles. The van der Waals surface area contributed by atoms with Gasteiger partial charge in [-0.05, 0) is 67.9 Å². The Morgan fingerprint density at radius 3 is 2.71 bits per heavy atom. The first-order valence-electron chi connectivity index (χ1n) is 9.27. The van der Waals surface area contributed by atoms with Crippen molar-refractivity contribution >= 4 is 11.4 Å². The van der Waals surface area contributed by atoms with Crippen molar-refractivity contribution < 1.29 is 0 Å². The molecule has 0 N–H and O–H groups in total. The molecule has 2 fully saturated rings. The summed E-state index contributed by atoms with van der Waals surface area (Å²) in [6.45, 7) is 6.92. The number of aryl methyl sites for hydroxylation is 1. The molecule has 4 rings (SSSR count). The van der Waals surface area contributed by atoms with Crippen LogP contribution < -0.4 is 9.80 Å². The molecule has 2 nitrogen and oxygen atoms in total. The van der Waals surface area contributed by atoms with Crippen molar-refractivity contribution in [1.29, 1.82) is 0 Å². The number of rotatable bonds is 4. The summed E-state index contributed by atoms with van der Waals surface area (Å²) in [5, 5.41) is 0. The highest BCUT2D eigenvalue weighted by molar-refractivity contribution is 5.54. The standard InChI is InChI=1S/C22H26N2/c1-18-7-6-9-21(15-18)24-14-11-19(17-24)16-20-8-2-3-10-22(20)23-12-4-5-13-23/h6-10,15,19H,4-5,11-14,16-17H2,1H3. The molecule has 2 aliphatic rings. The third kappa shape index (κ3) is 3.22. The zero-order valence-corrected chi connectivity index (χ0v) is 14.6. The molecule has 2 aliphatic heterocycles. The maximum absolute atomic E-state index is 3.18. The molecular weight excluding hydrogens is 292 g/mol. The minimum absolute atomic E-state index is 0.739. The van der Waals surface area contributed by atoms with E-state index in [4.69, 9.17) is 0 Å². The topological polar surface area (TPSA) is 6.48 Å². The Labute approximate surface area is 146 Å². The van der Waals surface area contributed by atoms with E-state index in [-0.39, 0.29) is 0 Å². The molecule has 2 aromatic rings. The first-order chi connectivity index (χ1) is 11.8. The largest absolute Gasteiger partial charge is 0.371 e. The second kappa shape index (κ2) is 6.77. The fourth-order valence-electron chi connectivity index (χ4n) is 4.19. The summed E-state index contributed by atoms with van der Waals surface area (Å²) in [7, 11) is 0. The molecule has 2 saturated heterocycles. The van der Waals surface area contributed by atoms with Gasteiger partial charge in [0, 0.05) is 43.6 Å². The molecular formula is C22H26N2. The molecule has 1 atom stereocenters. The van der Waals surface area contributed by atoms with Crippen LogP contribution in [0.3, 0.4) is 0 Å². The van der Waals surface area contributed by atoms with E-state index < -0.39 is 0 Å². The second-order valence-corrected chi connectivity index (χ2v) is 7.33. The van der Waals surface area contributed by atoms with Crippen LogP contribution in [0, 0.1) is 25.0 Å². The van der Waals surface area contributed by atoms with Gasteiger partial charge in [-0.2, -0.15) is 0 Å². The predicted octanol–water partition coefficient (Wildman–Crippen LogP) is 4.26. The molecule has 24 heavy (non-hydrogen) atoms. The molecule has 0 radical (unpaired) electrons. The SMILES string of the molecule is Cc1cccc(N2CCC(Cc3cc#ccc3N3CCCC3)C2)c1. The van der Waals surface area contributed by atoms with Crippen LogP contribution in [0.25, 0.3) is 0 Å². The van der Waals surface area contributed by atoms with E-state index in [0.717, 1.165) is 5.92 Å². The summed E-state index contributed by atoms with van der Waals surface area (Å²) < 4.78 is 0. The maximum atomic E-state index is 3.18. The van der Waals surface area contributed by atoms with Crippen LogP contribution in [0.2, 0.25) is 0 Å². The lowest BCUT2D eigenvalue weighted by molar-refractivity contribution is 0.586. The van der Waals surface area contributed by atoms with Crippen LogP contribution in [0.15, 0.2) is 36.4 Å². The zero-order chi connectivity index (χ0) is 16.4. The zero-order valence-electron chi connectivity index (χ0n) is 14.6. The average Bonchev–Trinajstić information content (AvgIpc) is 3.27. The molecule has 2 heterocycles. The number of anilines is 2. The van der Waals surface area contributed by atoms with Crippen molar-refractivity contribution in [1.82, 2.24) is 0 Å². The number of hydrogen-bond donors (Lipinski definition) is 0. The summed E-state index contributed by atoms with van der Waals surface area (Å²) in [6.07, 6.45) is 5.09. The maximum Gasteiger partial charge on any atom is 0.0490 e. The number of hydrogen-bond acceptors (Lipinski definition) is 2. The van der Waals surface area contributed by atoms with Gasteiger partial charge in [0.2, 0.25) is 0 Å². The van der Waals surface area contributed by atoms with E-state index in [0.29, 0.717) is 0 Å². The highest BCUT2D eigenvalue weighted by atomic mass is 15.2. The highest BCUT2D eigenvalue weighted by Crippen LogP contribution is 2.30. The highest BCUT2D eigenvalue weighted by Gasteiger charge is 2.25. The summed E-state index contributed by atoms with van der Waals surface area (Å²) in [6, 6.07) is 19.6. The Bertz CT molecular complexity index is 688. The van der Waals surface area contributed by atoms with Crippen molar-refractivity contribution in [3.63, 3.8) is 0 Å². The van der Waals surface area contributed by atoms with Gasteiger partial charge >= 0.3 is 0 Å². The molecule has 0 saturated carbocycles. The van der Waals surface area contributed by atoms with Crippen LogP contribution in [-0.4, -0.2) is 26.2 Å². The molecule has 124 valence electrons. The number of benzene rings is 1. The van der Waals surface area contributed by atoms with Crippen molar-refractivity contribution in [3.05, 3.63) is 59.7 Å². The first kappa shape index (κ1) is 15.4. The second-order valence-electron chi connectivity index (χ2n) is 7.33. The Kier molecular flexibility index (Phi) is 4.34. The van der Waals surface area contributed by atoms with Crippen molar-refractivity contribution in [2.24, 2.45) is 5.92 Å². The van der Waals surface area contributed by atoms with Crippen molar-refractivity contribution in [2.45, 2.75) is 32.6 Å². The van der Waals surface area contributed by atoms with E-state index in [9.17, 15) is 0 Å². The van der Waals surface area contributed by atoms with Gasteiger partial charge in [0.25, 0.3) is 0 Å². The third-order valence-electron chi connectivity index (χ3n) is 5.48. The minimum atomic E-state index is 0.739. The van der Waals surface area contributed by atoms with Crippen molar-refractivity contribution in [2.75, 3.05) is 36.0 Å². The first-order valence-corrected chi connectivity index (χ1v) is 9.27. The van der Waals surface area contributed by atoms with Gasteiger partial charge in [-0.15, -0.1) is 0 Å². The Morgan fingerprint density at radius 1 is 1.04 bits per heavy atom. The predicted molar refractivity (Wildman–Crippen MR) is 101 cm³/mol. The normalized spacial score (nSPS) is 20.5. The van der Waals surface area contributed by atoms with Crippen LogP contribution >= 0.6 is 0 Å². The van der Waals surface area contributed by atoms with E-state index in [1.54, 1.807) is 0 Å². The van der Waals surface area contributed by atoms with E-state index in [1.165, 1.54) is 74.4 Å². The molecule has 2 aromatic carbocycles. The summed E-state index contributed by atoms with van der Waals surface area (Å²) in [4.78, 5) is 5.08. The molecule has 2 heteroatoms. The molecule has 0 spiro atoms. The number of nitrogens with zero attached hydrogens (tertiary/aromatic N) is 2. The fourth-order valence-corrected chi connectivity index (χ4v) is 4.19. The Balaban J connectivity index is 1.45. The van der Waals surface area contributed by atoms with Gasteiger partial charge in [0.1, 0.15) is 0 Å². The summed E-state index contributed by atoms with van der Waals surface area (Å²) in [5.74, 6) is 0.739. The third-order valence-corrected chi connectivity index (χ3v) is 5.48. The lowest BCUT2D eigenvalue weighted by atomic mass is 9.97. The van der Waals surface area contributed by atoms with Crippen LogP contribution in [0.1, 0.15) is 30.4 Å². The monoisotopic (exact) mass is 318 g/mol. The Hall–Kier alpha value is -2.14. The fraction of sp³-hybridized carbons (Fsp3) is 0.455. The van der Waals surface area contributed by atoms with Crippen molar-refractivity contribution in [3.8, 4) is 0 Å². The van der Waals surface area contributed by atoms with Gasteiger partial charge in [-0.1, -0.05) is 24.3 Å². The quantitative estimate of drug-likeness (QED) is 0.831. The smallest absolute Gasteiger partial charge is 0.0490 e. The van der Waals surface area contributed by atoms with Crippen LogP contribution in [0.5, 0.6) is 0 Å². The molecule has 1 unspecified atom stereocenters. The summed E-state index contributed by atoms with van der Waals surface area (Å²) >= 11 is 0. The summed E-state index contributed by atoms with van der Waals surface area (Å²) in [5.41, 5.74) is 5.60.